The van der Waals surface area contributed by atoms with E-state index in [0.717, 1.165) is 33.1 Å². The molecule has 0 saturated heterocycles. The fourth-order valence-corrected chi connectivity index (χ4v) is 9.17. The van der Waals surface area contributed by atoms with Gasteiger partial charge in [0.05, 0.1) is 22.8 Å². The van der Waals surface area contributed by atoms with Gasteiger partial charge in [-0.25, -0.2) is 10.5 Å². The molecule has 0 saturated carbocycles. The Labute approximate surface area is 328 Å². The zero-order chi connectivity index (χ0) is 37.1. The maximum atomic E-state index is 7.13. The van der Waals surface area contributed by atoms with Crippen molar-refractivity contribution in [3.05, 3.63) is 85.5 Å². The normalized spacial score (nSPS) is 10.3. The molecule has 274 valence electrons. The van der Waals surface area contributed by atoms with Crippen LogP contribution in [0, 0.1) is 21.3 Å². The number of pyridine rings is 4. The molecule has 12 nitrogen and oxygen atoms in total. The first kappa shape index (κ1) is 47.8. The first-order chi connectivity index (χ1) is 24.3. The molecule has 0 aliphatic heterocycles. The molecule has 0 amide bonds. The molecule has 0 radical (unpaired) electrons. The topological polar surface area (TPSA) is 155 Å². The molecule has 4 aromatic heterocycles. The van der Waals surface area contributed by atoms with Gasteiger partial charge in [0.25, 0.3) is 0 Å². The number of thiocyanates is 2. The molecule has 0 aliphatic rings. The summed E-state index contributed by atoms with van der Waals surface area (Å²) in [5.41, 5.74) is 3.31. The fraction of sp³-hybridized carbons (Fsp3) is 0.353. The first-order valence-electron chi connectivity index (χ1n) is 16.0. The molecule has 0 bridgehead atoms. The van der Waals surface area contributed by atoms with Crippen LogP contribution < -0.4 is 10.4 Å². The second-order valence-corrected chi connectivity index (χ2v) is 14.7. The summed E-state index contributed by atoms with van der Waals surface area (Å²) in [6, 6.07) is 19.3. The molecule has 4 heterocycles. The van der Waals surface area contributed by atoms with Crippen LogP contribution in [0.2, 0.25) is 0 Å². The minimum atomic E-state index is -2.88. The zero-order valence-corrected chi connectivity index (χ0v) is 35.0. The van der Waals surface area contributed by atoms with Crippen molar-refractivity contribution in [2.45, 2.75) is 41.5 Å². The summed E-state index contributed by atoms with van der Waals surface area (Å²) in [5.74, 6) is 0. The Kier molecular flexibility index (Phi) is 26.7. The Hall–Kier alpha value is -3.16. The third-order valence-corrected chi connectivity index (χ3v) is 12.1. The van der Waals surface area contributed by atoms with Crippen molar-refractivity contribution in [2.75, 3.05) is 39.6 Å². The van der Waals surface area contributed by atoms with E-state index in [4.69, 9.17) is 37.1 Å². The van der Waals surface area contributed by atoms with E-state index in [-0.39, 0.29) is 19.5 Å². The number of rotatable bonds is 16. The molecule has 4 rings (SSSR count). The largest absolute Gasteiger partial charge is 2.00 e. The van der Waals surface area contributed by atoms with E-state index in [2.05, 4.69) is 45.2 Å². The van der Waals surface area contributed by atoms with Gasteiger partial charge in [0.15, 0.2) is 0 Å². The number of nitrogens with zero attached hydrogens (tertiary/aromatic N) is 6. The van der Waals surface area contributed by atoms with Crippen molar-refractivity contribution >= 4 is 53.2 Å². The standard InChI is InChI=1S/2C16H22N2O3Si.2CHNS.Ru/c2*1-4-19-22(20-5-2,21-6-3)14-10-11-16(18-13-14)15-9-7-8-12-17-15;2*2-1-3;/h2*7-13H,4-6H2,1-3H3;2*3H;/q;;;;+2/p-2. The van der Waals surface area contributed by atoms with Gasteiger partial charge in [-0.1, -0.05) is 35.1 Å². The average molecular weight is 854 g/mol. The minimum Gasteiger partial charge on any atom is -0.696 e. The molecule has 0 N–H and O–H groups in total. The molecule has 0 fully saturated rings. The number of nitriles is 2. The monoisotopic (exact) mass is 854 g/mol. The Balaban J connectivity index is 0.000000835. The van der Waals surface area contributed by atoms with Gasteiger partial charge in [-0.15, -0.1) is 0 Å². The SMILES string of the molecule is CCO[Si](OCC)(OCC)c1ccc(-c2ccccn2)nc1.CCO[Si](OCC)(OCC)c1ccc(-c2ccccn2)nc1.N#C[S-].N#C[S-].[Ru+2]. The third kappa shape index (κ3) is 15.9. The second kappa shape index (κ2) is 28.4. The molecule has 0 unspecified atom stereocenters. The summed E-state index contributed by atoms with van der Waals surface area (Å²) in [5, 5.41) is 18.7. The Morgan fingerprint density at radius 2 is 0.765 bits per heavy atom. The molecule has 0 aliphatic carbocycles. The van der Waals surface area contributed by atoms with Crippen molar-refractivity contribution in [3.8, 4) is 33.6 Å². The summed E-state index contributed by atoms with van der Waals surface area (Å²) < 4.78 is 35.3. The van der Waals surface area contributed by atoms with Crippen LogP contribution in [0.3, 0.4) is 0 Å². The van der Waals surface area contributed by atoms with Crippen molar-refractivity contribution in [1.82, 2.24) is 19.9 Å². The quantitative estimate of drug-likeness (QED) is 0.0860. The average Bonchev–Trinajstić information content (AvgIpc) is 3.14. The van der Waals surface area contributed by atoms with Crippen LogP contribution in [0.25, 0.3) is 22.8 Å². The van der Waals surface area contributed by atoms with E-state index >= 15 is 0 Å². The van der Waals surface area contributed by atoms with Crippen molar-refractivity contribution in [3.63, 3.8) is 0 Å². The smallest absolute Gasteiger partial charge is 0.696 e. The fourth-order valence-electron chi connectivity index (χ4n) is 4.37. The van der Waals surface area contributed by atoms with Gasteiger partial charge in [0, 0.05) is 74.8 Å². The number of hydrogen-bond acceptors (Lipinski definition) is 14. The molecule has 4 aromatic rings. The van der Waals surface area contributed by atoms with Gasteiger partial charge in [-0.3, -0.25) is 19.9 Å². The van der Waals surface area contributed by atoms with Crippen molar-refractivity contribution in [2.24, 2.45) is 0 Å². The molecule has 0 aromatic carbocycles. The molecule has 51 heavy (non-hydrogen) atoms. The van der Waals surface area contributed by atoms with Gasteiger partial charge in [-0.2, -0.15) is 0 Å². The summed E-state index contributed by atoms with van der Waals surface area (Å²) >= 11 is 7.40. The van der Waals surface area contributed by atoms with Crippen LogP contribution in [0.4, 0.5) is 0 Å². The molecule has 17 heteroatoms. The summed E-state index contributed by atoms with van der Waals surface area (Å²) in [6.45, 7) is 14.9. The van der Waals surface area contributed by atoms with E-state index in [9.17, 15) is 0 Å². The van der Waals surface area contributed by atoms with Gasteiger partial charge in [0.2, 0.25) is 0 Å². The van der Waals surface area contributed by atoms with Gasteiger partial charge in [-0.05, 0) is 77.9 Å². The van der Waals surface area contributed by atoms with E-state index in [1.54, 1.807) is 24.8 Å². The van der Waals surface area contributed by atoms with Crippen LogP contribution in [-0.4, -0.2) is 77.2 Å². The van der Waals surface area contributed by atoms with E-state index in [0.29, 0.717) is 39.6 Å². The maximum absolute atomic E-state index is 7.13. The number of hydrogen-bond donors (Lipinski definition) is 0. The third-order valence-electron chi connectivity index (χ3n) is 6.09. The summed E-state index contributed by atoms with van der Waals surface area (Å²) in [6.07, 6.45) is 7.06. The van der Waals surface area contributed by atoms with E-state index in [1.807, 2.05) is 102 Å². The molecular weight excluding hydrogens is 810 g/mol. The maximum Gasteiger partial charge on any atom is 2.00 e. The predicted octanol–water partition coefficient (Wildman–Crippen LogP) is 4.82. The number of aromatic nitrogens is 4. The first-order valence-corrected chi connectivity index (χ1v) is 20.2. The van der Waals surface area contributed by atoms with Gasteiger partial charge in [0.1, 0.15) is 0 Å². The van der Waals surface area contributed by atoms with Gasteiger partial charge < -0.3 is 51.8 Å². The minimum absolute atomic E-state index is 0. The summed E-state index contributed by atoms with van der Waals surface area (Å²) in [7, 11) is -5.76. The van der Waals surface area contributed by atoms with E-state index < -0.39 is 17.6 Å². The summed E-state index contributed by atoms with van der Waals surface area (Å²) in [4.78, 5) is 17.6. The predicted molar refractivity (Wildman–Crippen MR) is 201 cm³/mol. The Bertz CT molecular complexity index is 1390. The molecular formula is C34H44N6O6RuS2Si2. The van der Waals surface area contributed by atoms with Crippen LogP contribution in [0.5, 0.6) is 0 Å². The van der Waals surface area contributed by atoms with Crippen LogP contribution >= 0.6 is 0 Å². The molecule has 0 atom stereocenters. The van der Waals surface area contributed by atoms with Crippen LogP contribution in [0.1, 0.15) is 41.5 Å². The Morgan fingerprint density at radius 3 is 0.961 bits per heavy atom. The van der Waals surface area contributed by atoms with Crippen molar-refractivity contribution in [1.29, 1.82) is 10.5 Å². The Morgan fingerprint density at radius 1 is 0.490 bits per heavy atom. The van der Waals surface area contributed by atoms with Crippen molar-refractivity contribution < 1.29 is 46.0 Å². The molecule has 0 spiro atoms. The van der Waals surface area contributed by atoms with Gasteiger partial charge >= 0.3 is 37.1 Å². The second-order valence-electron chi connectivity index (χ2n) is 9.19. The van der Waals surface area contributed by atoms with Crippen LogP contribution in [-0.2, 0) is 71.3 Å². The van der Waals surface area contributed by atoms with Crippen LogP contribution in [0.15, 0.2) is 85.5 Å². The van der Waals surface area contributed by atoms with E-state index in [1.165, 1.54) is 10.8 Å². The zero-order valence-electron chi connectivity index (χ0n) is 29.6.